The van der Waals surface area contributed by atoms with Gasteiger partial charge in [0.2, 0.25) is 0 Å². The standard InChI is InChI=1S/C8H17.2C4H9.BrH.Sn/c1-3-5-7-8-6-4-2;2*1-3-4-2;;/h1,3-8H2,2H3;2*1,3-4H2,2H3;1H;. The van der Waals surface area contributed by atoms with Gasteiger partial charge in [0.15, 0.2) is 0 Å². The molecule has 111 valence electrons. The second-order valence-corrected chi connectivity index (χ2v) is 14.0. The van der Waals surface area contributed by atoms with Crippen molar-refractivity contribution < 1.29 is 0 Å². The fraction of sp³-hybridized carbons (Fsp3) is 1.00. The summed E-state index contributed by atoms with van der Waals surface area (Å²) in [5.74, 6) is 0. The molecule has 0 aromatic rings. The zero-order chi connectivity index (χ0) is 12.8. The van der Waals surface area contributed by atoms with Crippen LogP contribution in [-0.2, 0) is 0 Å². The van der Waals surface area contributed by atoms with E-state index in [4.69, 9.17) is 0 Å². The first-order chi connectivity index (χ1) is 8.35. The third-order valence-electron chi connectivity index (χ3n) is 3.65. The zero-order valence-electron chi connectivity index (χ0n) is 13.1. The predicted molar refractivity (Wildman–Crippen MR) is 93.7 cm³/mol. The van der Waals surface area contributed by atoms with E-state index in [1.807, 2.05) is 0 Å². The first kappa shape index (κ1) is 21.6. The van der Waals surface area contributed by atoms with Crippen LogP contribution in [0.25, 0.3) is 0 Å². The van der Waals surface area contributed by atoms with Crippen LogP contribution in [0.2, 0.25) is 13.3 Å². The van der Waals surface area contributed by atoms with Gasteiger partial charge >= 0.3 is 118 Å². The maximum absolute atomic E-state index is 2.35. The van der Waals surface area contributed by atoms with Gasteiger partial charge in [0.05, 0.1) is 0 Å². The number of halogens is 1. The van der Waals surface area contributed by atoms with Crippen molar-refractivity contribution >= 4 is 36.7 Å². The second kappa shape index (κ2) is 18.3. The van der Waals surface area contributed by atoms with E-state index in [2.05, 4.69) is 20.8 Å². The van der Waals surface area contributed by atoms with Crippen LogP contribution in [-0.4, -0.2) is 19.8 Å². The van der Waals surface area contributed by atoms with Gasteiger partial charge in [-0.25, -0.2) is 0 Å². The van der Waals surface area contributed by atoms with Gasteiger partial charge in [-0.2, -0.15) is 0 Å². The molecule has 2 heteroatoms. The summed E-state index contributed by atoms with van der Waals surface area (Å²) in [6.07, 6.45) is 14.9. The molecule has 0 N–H and O–H groups in total. The van der Waals surface area contributed by atoms with Crippen molar-refractivity contribution in [1.29, 1.82) is 0 Å². The SMILES string of the molecule is Br.CCCCCCC[CH2][Sn]([CH2]CCC)[CH2]CCC. The molecule has 0 rings (SSSR count). The van der Waals surface area contributed by atoms with Crippen molar-refractivity contribution in [2.45, 2.75) is 98.3 Å². The molecule has 0 saturated carbocycles. The second-order valence-electron chi connectivity index (χ2n) is 5.47. The molecular formula is C16H36BrSn. The van der Waals surface area contributed by atoms with Gasteiger partial charge in [-0.15, -0.1) is 17.0 Å². The molecule has 0 aliphatic rings. The molecule has 0 aromatic carbocycles. The van der Waals surface area contributed by atoms with E-state index >= 15 is 0 Å². The Morgan fingerprint density at radius 3 is 1.39 bits per heavy atom. The van der Waals surface area contributed by atoms with Crippen molar-refractivity contribution in [2.24, 2.45) is 0 Å². The topological polar surface area (TPSA) is 0 Å². The Morgan fingerprint density at radius 2 is 0.889 bits per heavy atom. The average Bonchev–Trinajstić information content (AvgIpc) is 2.35. The van der Waals surface area contributed by atoms with E-state index in [-0.39, 0.29) is 17.0 Å². The van der Waals surface area contributed by atoms with Crippen LogP contribution in [0.15, 0.2) is 0 Å². The molecule has 0 saturated heterocycles. The van der Waals surface area contributed by atoms with Gasteiger partial charge in [-0.1, -0.05) is 0 Å². The Kier molecular flexibility index (Phi) is 21.9. The number of hydrogen-bond acceptors (Lipinski definition) is 0. The van der Waals surface area contributed by atoms with Gasteiger partial charge in [0, 0.05) is 0 Å². The Morgan fingerprint density at radius 1 is 0.500 bits per heavy atom. The van der Waals surface area contributed by atoms with Crippen LogP contribution in [0.1, 0.15) is 85.0 Å². The van der Waals surface area contributed by atoms with Crippen LogP contribution in [0.3, 0.4) is 0 Å². The summed E-state index contributed by atoms with van der Waals surface area (Å²) in [4.78, 5) is 0. The zero-order valence-corrected chi connectivity index (χ0v) is 17.7. The normalized spacial score (nSPS) is 10.7. The van der Waals surface area contributed by atoms with Crippen molar-refractivity contribution in [3.05, 3.63) is 0 Å². The van der Waals surface area contributed by atoms with Gasteiger partial charge in [0.1, 0.15) is 0 Å². The van der Waals surface area contributed by atoms with Gasteiger partial charge in [-0.3, -0.25) is 0 Å². The van der Waals surface area contributed by atoms with E-state index < -0.39 is 19.8 Å². The molecule has 0 aromatic heterocycles. The average molecular weight is 427 g/mol. The summed E-state index contributed by atoms with van der Waals surface area (Å²) in [6.45, 7) is 7.01. The summed E-state index contributed by atoms with van der Waals surface area (Å²) in [5, 5.41) is 0. The third-order valence-corrected chi connectivity index (χ3v) is 12.7. The molecule has 0 bridgehead atoms. The summed E-state index contributed by atoms with van der Waals surface area (Å²) in [7, 11) is 0. The van der Waals surface area contributed by atoms with Crippen molar-refractivity contribution in [3.63, 3.8) is 0 Å². The predicted octanol–water partition coefficient (Wildman–Crippen LogP) is 7.02. The van der Waals surface area contributed by atoms with Crippen molar-refractivity contribution in [2.75, 3.05) is 0 Å². The monoisotopic (exact) mass is 427 g/mol. The minimum absolute atomic E-state index is 0. The maximum atomic E-state index is 2.35. The molecule has 0 amide bonds. The number of rotatable bonds is 13. The molecule has 1 radical (unpaired) electrons. The van der Waals surface area contributed by atoms with E-state index in [9.17, 15) is 0 Å². The van der Waals surface area contributed by atoms with E-state index in [1.165, 1.54) is 57.8 Å². The van der Waals surface area contributed by atoms with Crippen molar-refractivity contribution in [3.8, 4) is 0 Å². The molecule has 0 unspecified atom stereocenters. The van der Waals surface area contributed by atoms with E-state index in [0.29, 0.717) is 0 Å². The van der Waals surface area contributed by atoms with Gasteiger partial charge < -0.3 is 0 Å². The molecule has 0 nitrogen and oxygen atoms in total. The first-order valence-electron chi connectivity index (χ1n) is 8.18. The Hall–Kier alpha value is 1.28. The van der Waals surface area contributed by atoms with Crippen LogP contribution in [0.5, 0.6) is 0 Å². The summed E-state index contributed by atoms with van der Waals surface area (Å²) >= 11 is -0.898. The minimum atomic E-state index is -0.898. The number of unbranched alkanes of at least 4 members (excludes halogenated alkanes) is 7. The Balaban J connectivity index is 0. The fourth-order valence-corrected chi connectivity index (χ4v) is 11.5. The summed E-state index contributed by atoms with van der Waals surface area (Å²) in [5.41, 5.74) is 0. The molecule has 18 heavy (non-hydrogen) atoms. The summed E-state index contributed by atoms with van der Waals surface area (Å²) < 4.78 is 5.08. The van der Waals surface area contributed by atoms with Crippen LogP contribution < -0.4 is 0 Å². The summed E-state index contributed by atoms with van der Waals surface area (Å²) in [6, 6.07) is 0. The Labute approximate surface area is 134 Å². The van der Waals surface area contributed by atoms with E-state index in [0.717, 1.165) is 0 Å². The molecule has 0 fully saturated rings. The van der Waals surface area contributed by atoms with Gasteiger partial charge in [-0.05, 0) is 0 Å². The van der Waals surface area contributed by atoms with Crippen LogP contribution in [0.4, 0.5) is 0 Å². The number of hydrogen-bond donors (Lipinski definition) is 0. The van der Waals surface area contributed by atoms with E-state index in [1.54, 1.807) is 19.7 Å². The molecule has 0 spiro atoms. The van der Waals surface area contributed by atoms with Crippen LogP contribution in [0, 0.1) is 0 Å². The van der Waals surface area contributed by atoms with Crippen LogP contribution >= 0.6 is 17.0 Å². The molecule has 0 atom stereocenters. The molecule has 0 aliphatic heterocycles. The van der Waals surface area contributed by atoms with Crippen molar-refractivity contribution in [1.82, 2.24) is 0 Å². The first-order valence-corrected chi connectivity index (χ1v) is 14.2. The Bertz CT molecular complexity index is 131. The fourth-order valence-electron chi connectivity index (χ4n) is 2.38. The molecule has 0 aliphatic carbocycles. The van der Waals surface area contributed by atoms with Gasteiger partial charge in [0.25, 0.3) is 0 Å². The molecular weight excluding hydrogens is 391 g/mol. The third kappa shape index (κ3) is 15.3. The quantitative estimate of drug-likeness (QED) is 0.219. The molecule has 0 heterocycles.